The lowest BCUT2D eigenvalue weighted by atomic mass is 9.90. The fourth-order valence-electron chi connectivity index (χ4n) is 3.83. The molecule has 1 unspecified atom stereocenters. The molecule has 2 heterocycles. The third kappa shape index (κ3) is 3.44. The quantitative estimate of drug-likeness (QED) is 0.770. The number of phenols is 1. The van der Waals surface area contributed by atoms with E-state index in [1.807, 2.05) is 18.3 Å². The largest absolute Gasteiger partial charge is 0.508 e. The summed E-state index contributed by atoms with van der Waals surface area (Å²) in [5.74, 6) is 1.05. The average Bonchev–Trinajstić information content (AvgIpc) is 3.03. The van der Waals surface area contributed by atoms with Gasteiger partial charge in [-0.3, -0.25) is 10.00 Å². The summed E-state index contributed by atoms with van der Waals surface area (Å²) < 4.78 is 0. The topological polar surface area (TPSA) is 52.1 Å². The molecule has 1 fully saturated rings. The Bertz CT molecular complexity index is 826. The lowest BCUT2D eigenvalue weighted by molar-refractivity contribution is 0.167. The van der Waals surface area contributed by atoms with Crippen molar-refractivity contribution in [1.82, 2.24) is 15.1 Å². The number of aromatic hydroxyl groups is 1. The molecule has 4 heteroatoms. The summed E-state index contributed by atoms with van der Waals surface area (Å²) in [6.45, 7) is 3.19. The zero-order chi connectivity index (χ0) is 16.4. The first kappa shape index (κ1) is 15.2. The van der Waals surface area contributed by atoms with Crippen molar-refractivity contribution in [1.29, 1.82) is 0 Å². The number of nitrogens with one attached hydrogen (secondary N) is 1. The van der Waals surface area contributed by atoms with Gasteiger partial charge in [0.1, 0.15) is 5.75 Å². The Morgan fingerprint density at radius 1 is 1.17 bits per heavy atom. The summed E-state index contributed by atoms with van der Waals surface area (Å²) in [6, 6.07) is 14.2. The number of hydrogen-bond donors (Lipinski definition) is 2. The molecule has 1 aromatic heterocycles. The van der Waals surface area contributed by atoms with Gasteiger partial charge in [0, 0.05) is 18.5 Å². The first-order valence-electron chi connectivity index (χ1n) is 8.68. The fourth-order valence-corrected chi connectivity index (χ4v) is 3.83. The number of benzene rings is 2. The molecule has 0 saturated carbocycles. The van der Waals surface area contributed by atoms with Gasteiger partial charge in [-0.2, -0.15) is 5.10 Å². The van der Waals surface area contributed by atoms with E-state index in [0.717, 1.165) is 31.6 Å². The molecule has 0 spiro atoms. The summed E-state index contributed by atoms with van der Waals surface area (Å²) in [4.78, 5) is 2.51. The number of fused-ring (bicyclic) bond motifs is 1. The zero-order valence-electron chi connectivity index (χ0n) is 13.8. The van der Waals surface area contributed by atoms with E-state index in [1.54, 1.807) is 6.07 Å². The summed E-state index contributed by atoms with van der Waals surface area (Å²) >= 11 is 0. The van der Waals surface area contributed by atoms with Crippen molar-refractivity contribution in [3.63, 3.8) is 0 Å². The van der Waals surface area contributed by atoms with E-state index in [-0.39, 0.29) is 0 Å². The normalized spacial score (nSPS) is 18.9. The number of hydrogen-bond acceptors (Lipinski definition) is 3. The van der Waals surface area contributed by atoms with Crippen LogP contribution in [0.1, 0.15) is 24.0 Å². The summed E-state index contributed by atoms with van der Waals surface area (Å²) in [7, 11) is 0. The van der Waals surface area contributed by atoms with Crippen LogP contribution >= 0.6 is 0 Å². The van der Waals surface area contributed by atoms with Crippen molar-refractivity contribution in [3.05, 3.63) is 59.8 Å². The number of rotatable bonds is 4. The van der Waals surface area contributed by atoms with Crippen LogP contribution in [0.5, 0.6) is 5.75 Å². The van der Waals surface area contributed by atoms with Gasteiger partial charge in [-0.25, -0.2) is 0 Å². The molecule has 0 bridgehead atoms. The van der Waals surface area contributed by atoms with Crippen molar-refractivity contribution < 1.29 is 5.11 Å². The van der Waals surface area contributed by atoms with Crippen molar-refractivity contribution in [3.8, 4) is 5.75 Å². The van der Waals surface area contributed by atoms with Crippen LogP contribution in [-0.2, 0) is 13.0 Å². The fraction of sp³-hybridized carbons (Fsp3) is 0.350. The Balaban J connectivity index is 1.40. The number of piperidine rings is 1. The first-order valence-corrected chi connectivity index (χ1v) is 8.68. The molecule has 24 heavy (non-hydrogen) atoms. The third-order valence-corrected chi connectivity index (χ3v) is 4.95. The summed E-state index contributed by atoms with van der Waals surface area (Å²) in [5.41, 5.74) is 3.69. The second-order valence-electron chi connectivity index (χ2n) is 6.91. The molecule has 1 aliphatic rings. The van der Waals surface area contributed by atoms with E-state index in [4.69, 9.17) is 0 Å². The van der Waals surface area contributed by atoms with Crippen LogP contribution < -0.4 is 0 Å². The minimum atomic E-state index is 0.356. The Morgan fingerprint density at radius 3 is 3.04 bits per heavy atom. The maximum Gasteiger partial charge on any atom is 0.115 e. The highest BCUT2D eigenvalue weighted by molar-refractivity contribution is 5.78. The predicted octanol–water partition coefficient (Wildman–Crippen LogP) is 3.72. The molecule has 1 atom stereocenters. The van der Waals surface area contributed by atoms with E-state index in [0.29, 0.717) is 11.7 Å². The van der Waals surface area contributed by atoms with E-state index < -0.39 is 0 Å². The Hall–Kier alpha value is -2.33. The highest BCUT2D eigenvalue weighted by atomic mass is 16.3. The standard InChI is InChI=1S/C20H23N3O/c24-19-5-1-3-17(11-19)14-23-8-2-4-16(13-23)9-15-6-7-20-18(10-15)12-21-22-20/h1,3,5-7,10-12,16,24H,2,4,8-9,13-14H2,(H,21,22). The van der Waals surface area contributed by atoms with Gasteiger partial charge in [0.25, 0.3) is 0 Å². The Morgan fingerprint density at radius 2 is 2.12 bits per heavy atom. The molecule has 0 radical (unpaired) electrons. The molecule has 2 aromatic carbocycles. The molecule has 3 aromatic rings. The van der Waals surface area contributed by atoms with Gasteiger partial charge in [-0.05, 0) is 67.1 Å². The number of aromatic amines is 1. The van der Waals surface area contributed by atoms with Gasteiger partial charge in [-0.15, -0.1) is 0 Å². The molecule has 1 aliphatic heterocycles. The monoisotopic (exact) mass is 321 g/mol. The molecule has 0 amide bonds. The van der Waals surface area contributed by atoms with Crippen LogP contribution in [0.4, 0.5) is 0 Å². The van der Waals surface area contributed by atoms with Crippen molar-refractivity contribution in [2.75, 3.05) is 13.1 Å². The van der Waals surface area contributed by atoms with E-state index >= 15 is 0 Å². The lowest BCUT2D eigenvalue weighted by Crippen LogP contribution is -2.35. The number of nitrogens with zero attached hydrogens (tertiary/aromatic N) is 2. The maximum atomic E-state index is 9.63. The Kier molecular flexibility index (Phi) is 4.22. The maximum absolute atomic E-state index is 9.63. The first-order chi connectivity index (χ1) is 11.8. The minimum absolute atomic E-state index is 0.356. The van der Waals surface area contributed by atoms with Crippen molar-refractivity contribution in [2.45, 2.75) is 25.8 Å². The van der Waals surface area contributed by atoms with Crippen LogP contribution in [-0.4, -0.2) is 33.3 Å². The molecule has 4 nitrogen and oxygen atoms in total. The van der Waals surface area contributed by atoms with Gasteiger partial charge in [0.2, 0.25) is 0 Å². The lowest BCUT2D eigenvalue weighted by Gasteiger charge is -2.33. The molecular formula is C20H23N3O. The SMILES string of the molecule is Oc1cccc(CN2CCCC(Cc3ccc4[nH]ncc4c3)C2)c1. The number of H-pyrrole nitrogens is 1. The van der Waals surface area contributed by atoms with Gasteiger partial charge in [0.15, 0.2) is 0 Å². The second-order valence-corrected chi connectivity index (χ2v) is 6.91. The van der Waals surface area contributed by atoms with Crippen LogP contribution in [0.15, 0.2) is 48.7 Å². The number of phenolic OH excluding ortho intramolecular Hbond substituents is 1. The number of aromatic nitrogens is 2. The summed E-state index contributed by atoms with van der Waals surface area (Å²) in [5, 5.41) is 17.9. The molecule has 1 saturated heterocycles. The number of likely N-dealkylation sites (tertiary alicyclic amines) is 1. The zero-order valence-corrected chi connectivity index (χ0v) is 13.8. The Labute approximate surface area is 142 Å². The minimum Gasteiger partial charge on any atom is -0.508 e. The summed E-state index contributed by atoms with van der Waals surface area (Å²) in [6.07, 6.45) is 5.56. The van der Waals surface area contributed by atoms with Crippen LogP contribution in [0.2, 0.25) is 0 Å². The van der Waals surface area contributed by atoms with Crippen LogP contribution in [0.25, 0.3) is 10.9 Å². The van der Waals surface area contributed by atoms with Gasteiger partial charge >= 0.3 is 0 Å². The smallest absolute Gasteiger partial charge is 0.115 e. The predicted molar refractivity (Wildman–Crippen MR) is 95.9 cm³/mol. The highest BCUT2D eigenvalue weighted by Gasteiger charge is 2.20. The van der Waals surface area contributed by atoms with Gasteiger partial charge < -0.3 is 5.11 Å². The molecule has 4 rings (SSSR count). The second kappa shape index (κ2) is 6.65. The van der Waals surface area contributed by atoms with E-state index in [1.165, 1.54) is 29.4 Å². The molecule has 0 aliphatic carbocycles. The van der Waals surface area contributed by atoms with E-state index in [9.17, 15) is 5.11 Å². The molecule has 124 valence electrons. The highest BCUT2D eigenvalue weighted by Crippen LogP contribution is 2.24. The van der Waals surface area contributed by atoms with Gasteiger partial charge in [0.05, 0.1) is 11.7 Å². The third-order valence-electron chi connectivity index (χ3n) is 4.95. The molecule has 2 N–H and O–H groups in total. The van der Waals surface area contributed by atoms with Gasteiger partial charge in [-0.1, -0.05) is 18.2 Å². The average molecular weight is 321 g/mol. The van der Waals surface area contributed by atoms with Crippen molar-refractivity contribution >= 4 is 10.9 Å². The van der Waals surface area contributed by atoms with Crippen LogP contribution in [0, 0.1) is 5.92 Å². The van der Waals surface area contributed by atoms with E-state index in [2.05, 4.69) is 39.4 Å². The van der Waals surface area contributed by atoms with Crippen molar-refractivity contribution in [2.24, 2.45) is 5.92 Å². The van der Waals surface area contributed by atoms with Crippen LogP contribution in [0.3, 0.4) is 0 Å². The molecular weight excluding hydrogens is 298 g/mol.